The SMILES string of the molecule is CN=C(NCCc1ccc(-n2cccn2)cc1)NC1CC2CCC1O2. The largest absolute Gasteiger partial charge is 0.373 e. The van der Waals surface area contributed by atoms with Crippen molar-refractivity contribution < 1.29 is 4.74 Å². The summed E-state index contributed by atoms with van der Waals surface area (Å²) in [5.74, 6) is 0.870. The van der Waals surface area contributed by atoms with Gasteiger partial charge in [0, 0.05) is 26.0 Å². The molecule has 6 nitrogen and oxygen atoms in total. The number of hydrogen-bond donors (Lipinski definition) is 2. The van der Waals surface area contributed by atoms with Crippen molar-refractivity contribution in [1.29, 1.82) is 0 Å². The van der Waals surface area contributed by atoms with Crippen LogP contribution in [0.15, 0.2) is 47.7 Å². The van der Waals surface area contributed by atoms with E-state index in [1.807, 2.05) is 24.0 Å². The molecule has 2 aliphatic heterocycles. The molecule has 2 saturated heterocycles. The molecule has 6 heteroatoms. The minimum Gasteiger partial charge on any atom is -0.373 e. The van der Waals surface area contributed by atoms with Gasteiger partial charge in [0.2, 0.25) is 0 Å². The molecule has 0 radical (unpaired) electrons. The molecule has 3 heterocycles. The van der Waals surface area contributed by atoms with Crippen LogP contribution in [-0.2, 0) is 11.2 Å². The molecule has 0 spiro atoms. The lowest BCUT2D eigenvalue weighted by atomic mass is 9.96. The van der Waals surface area contributed by atoms with Crippen molar-refractivity contribution in [3.8, 4) is 5.69 Å². The van der Waals surface area contributed by atoms with Crippen molar-refractivity contribution in [3.05, 3.63) is 48.3 Å². The van der Waals surface area contributed by atoms with E-state index in [0.29, 0.717) is 18.2 Å². The van der Waals surface area contributed by atoms with Gasteiger partial charge in [0.05, 0.1) is 23.9 Å². The van der Waals surface area contributed by atoms with Crippen LogP contribution in [-0.4, -0.2) is 47.6 Å². The highest BCUT2D eigenvalue weighted by Crippen LogP contribution is 2.34. The number of hydrogen-bond acceptors (Lipinski definition) is 3. The van der Waals surface area contributed by atoms with Crippen LogP contribution in [0.3, 0.4) is 0 Å². The predicted octanol–water partition coefficient (Wildman–Crippen LogP) is 1.90. The zero-order valence-electron chi connectivity index (χ0n) is 14.6. The number of rotatable bonds is 5. The summed E-state index contributed by atoms with van der Waals surface area (Å²) in [7, 11) is 1.82. The Morgan fingerprint density at radius 1 is 1.32 bits per heavy atom. The molecule has 25 heavy (non-hydrogen) atoms. The van der Waals surface area contributed by atoms with Crippen LogP contribution in [0, 0.1) is 0 Å². The molecule has 2 fully saturated rings. The van der Waals surface area contributed by atoms with E-state index in [0.717, 1.165) is 31.0 Å². The second-order valence-corrected chi connectivity index (χ2v) is 6.73. The molecule has 0 amide bonds. The first-order valence-electron chi connectivity index (χ1n) is 9.03. The summed E-state index contributed by atoms with van der Waals surface area (Å²) in [6, 6.07) is 10.8. The van der Waals surface area contributed by atoms with Gasteiger partial charge in [-0.1, -0.05) is 12.1 Å². The maximum Gasteiger partial charge on any atom is 0.191 e. The molecule has 132 valence electrons. The monoisotopic (exact) mass is 339 g/mol. The highest BCUT2D eigenvalue weighted by molar-refractivity contribution is 5.80. The fourth-order valence-electron chi connectivity index (χ4n) is 3.72. The summed E-state index contributed by atoms with van der Waals surface area (Å²) in [6.07, 6.45) is 8.98. The van der Waals surface area contributed by atoms with Crippen LogP contribution in [0.1, 0.15) is 24.8 Å². The maximum atomic E-state index is 5.89. The quantitative estimate of drug-likeness (QED) is 0.645. The number of benzene rings is 1. The first kappa shape index (κ1) is 16.1. The van der Waals surface area contributed by atoms with Gasteiger partial charge >= 0.3 is 0 Å². The molecular formula is C19H25N5O. The van der Waals surface area contributed by atoms with Gasteiger partial charge < -0.3 is 15.4 Å². The topological polar surface area (TPSA) is 63.5 Å². The number of nitrogens with zero attached hydrogens (tertiary/aromatic N) is 3. The summed E-state index contributed by atoms with van der Waals surface area (Å²) in [5, 5.41) is 11.2. The van der Waals surface area contributed by atoms with Gasteiger partial charge in [0.1, 0.15) is 0 Å². The summed E-state index contributed by atoms with van der Waals surface area (Å²) in [6.45, 7) is 0.850. The standard InChI is InChI=1S/C19H25N5O/c1-20-19(23-17-13-16-7-8-18(17)25-16)21-11-9-14-3-5-15(6-4-14)24-12-2-10-22-24/h2-6,10,12,16-18H,7-9,11,13H2,1H3,(H2,20,21,23). The molecule has 4 rings (SSSR count). The molecule has 1 aromatic heterocycles. The van der Waals surface area contributed by atoms with Crippen molar-refractivity contribution in [2.75, 3.05) is 13.6 Å². The molecule has 1 aromatic carbocycles. The fourth-order valence-corrected chi connectivity index (χ4v) is 3.72. The second kappa shape index (κ2) is 7.27. The summed E-state index contributed by atoms with van der Waals surface area (Å²) < 4.78 is 7.76. The van der Waals surface area contributed by atoms with E-state index in [9.17, 15) is 0 Å². The van der Waals surface area contributed by atoms with Crippen LogP contribution in [0.2, 0.25) is 0 Å². The van der Waals surface area contributed by atoms with Crippen molar-refractivity contribution >= 4 is 5.96 Å². The zero-order chi connectivity index (χ0) is 17.1. The zero-order valence-corrected chi connectivity index (χ0v) is 14.6. The number of fused-ring (bicyclic) bond motifs is 2. The lowest BCUT2D eigenvalue weighted by Crippen LogP contribution is -2.47. The molecule has 0 saturated carbocycles. The minimum atomic E-state index is 0.360. The molecule has 2 bridgehead atoms. The Balaban J connectivity index is 1.25. The van der Waals surface area contributed by atoms with Crippen LogP contribution in [0.25, 0.3) is 5.69 Å². The van der Waals surface area contributed by atoms with E-state index < -0.39 is 0 Å². The predicted molar refractivity (Wildman–Crippen MR) is 98.1 cm³/mol. The third kappa shape index (κ3) is 3.69. The van der Waals surface area contributed by atoms with Gasteiger partial charge in [-0.05, 0) is 49.4 Å². The van der Waals surface area contributed by atoms with Crippen LogP contribution < -0.4 is 10.6 Å². The number of aromatic nitrogens is 2. The van der Waals surface area contributed by atoms with E-state index in [4.69, 9.17) is 4.74 Å². The van der Waals surface area contributed by atoms with Gasteiger partial charge in [-0.2, -0.15) is 5.10 Å². The highest BCUT2D eigenvalue weighted by atomic mass is 16.5. The average molecular weight is 339 g/mol. The maximum absolute atomic E-state index is 5.89. The molecule has 2 aliphatic rings. The van der Waals surface area contributed by atoms with Gasteiger partial charge in [0.15, 0.2) is 5.96 Å². The summed E-state index contributed by atoms with van der Waals surface area (Å²) >= 11 is 0. The highest BCUT2D eigenvalue weighted by Gasteiger charge is 2.41. The van der Waals surface area contributed by atoms with Crippen LogP contribution in [0.4, 0.5) is 0 Å². The molecule has 2 aromatic rings. The Bertz CT molecular complexity index is 710. The van der Waals surface area contributed by atoms with E-state index in [-0.39, 0.29) is 0 Å². The normalized spacial score (nSPS) is 25.3. The van der Waals surface area contributed by atoms with E-state index in [1.54, 1.807) is 6.20 Å². The van der Waals surface area contributed by atoms with Crippen molar-refractivity contribution in [3.63, 3.8) is 0 Å². The van der Waals surface area contributed by atoms with Gasteiger partial charge in [0.25, 0.3) is 0 Å². The van der Waals surface area contributed by atoms with Crippen LogP contribution >= 0.6 is 0 Å². The molecule has 0 aliphatic carbocycles. The Hall–Kier alpha value is -2.34. The lowest BCUT2D eigenvalue weighted by Gasteiger charge is -2.22. The van der Waals surface area contributed by atoms with Gasteiger partial charge in [-0.15, -0.1) is 0 Å². The number of guanidine groups is 1. The molecular weight excluding hydrogens is 314 g/mol. The van der Waals surface area contributed by atoms with E-state index in [2.05, 4.69) is 45.0 Å². The number of nitrogens with one attached hydrogen (secondary N) is 2. The molecule has 2 N–H and O–H groups in total. The Kier molecular flexibility index (Phi) is 4.70. The average Bonchev–Trinajstić information content (AvgIpc) is 3.39. The van der Waals surface area contributed by atoms with Crippen molar-refractivity contribution in [2.45, 2.75) is 43.9 Å². The van der Waals surface area contributed by atoms with Crippen LogP contribution in [0.5, 0.6) is 0 Å². The third-order valence-corrected chi connectivity index (χ3v) is 5.06. The van der Waals surface area contributed by atoms with Gasteiger partial charge in [-0.3, -0.25) is 4.99 Å². The summed E-state index contributed by atoms with van der Waals surface area (Å²) in [4.78, 5) is 4.34. The summed E-state index contributed by atoms with van der Waals surface area (Å²) in [5.41, 5.74) is 2.37. The number of ether oxygens (including phenoxy) is 1. The van der Waals surface area contributed by atoms with Crippen molar-refractivity contribution in [1.82, 2.24) is 20.4 Å². The molecule has 3 unspecified atom stereocenters. The Labute approximate surface area is 148 Å². The van der Waals surface area contributed by atoms with E-state index in [1.165, 1.54) is 18.4 Å². The third-order valence-electron chi connectivity index (χ3n) is 5.06. The first-order chi connectivity index (χ1) is 12.3. The number of aliphatic imine (C=N–C) groups is 1. The Morgan fingerprint density at radius 2 is 2.20 bits per heavy atom. The second-order valence-electron chi connectivity index (χ2n) is 6.73. The first-order valence-corrected chi connectivity index (χ1v) is 9.03. The fraction of sp³-hybridized carbons (Fsp3) is 0.474. The Morgan fingerprint density at radius 3 is 2.84 bits per heavy atom. The lowest BCUT2D eigenvalue weighted by molar-refractivity contribution is 0.0992. The van der Waals surface area contributed by atoms with Gasteiger partial charge in [-0.25, -0.2) is 4.68 Å². The molecule has 3 atom stereocenters. The van der Waals surface area contributed by atoms with Crippen molar-refractivity contribution in [2.24, 2.45) is 4.99 Å². The van der Waals surface area contributed by atoms with E-state index >= 15 is 0 Å². The minimum absolute atomic E-state index is 0.360. The smallest absolute Gasteiger partial charge is 0.191 e.